The lowest BCUT2D eigenvalue weighted by molar-refractivity contribution is 0.281. The van der Waals surface area contributed by atoms with Gasteiger partial charge in [-0.25, -0.2) is 4.98 Å². The summed E-state index contributed by atoms with van der Waals surface area (Å²) in [6.07, 6.45) is 1.37. The van der Waals surface area contributed by atoms with Crippen molar-refractivity contribution in [3.63, 3.8) is 0 Å². The molecule has 0 aliphatic carbocycles. The molecule has 0 radical (unpaired) electrons. The molecule has 4 nitrogen and oxygen atoms in total. The second-order valence-electron chi connectivity index (χ2n) is 3.20. The van der Waals surface area contributed by atoms with Gasteiger partial charge in [0, 0.05) is 0 Å². The molecule has 0 amide bonds. The maximum Gasteiger partial charge on any atom is 0.242 e. The van der Waals surface area contributed by atoms with Gasteiger partial charge in [0.05, 0.1) is 12.8 Å². The van der Waals surface area contributed by atoms with Crippen LogP contribution in [0.25, 0.3) is 0 Å². The molecular weight excluding hydrogens is 263 g/mol. The summed E-state index contributed by atoms with van der Waals surface area (Å²) in [6, 6.07) is 6.90. The van der Waals surface area contributed by atoms with Gasteiger partial charge in [-0.05, 0) is 29.3 Å². The number of benzene rings is 1. The molecule has 0 atom stereocenters. The minimum absolute atomic E-state index is 0.0135. The van der Waals surface area contributed by atoms with E-state index < -0.39 is 0 Å². The Balaban J connectivity index is 2.22. The van der Waals surface area contributed by atoms with Crippen LogP contribution < -0.4 is 4.74 Å². The van der Waals surface area contributed by atoms with Crippen molar-refractivity contribution in [2.45, 2.75) is 6.61 Å². The molecule has 0 spiro atoms. The third-order valence-corrected chi connectivity index (χ3v) is 2.44. The highest BCUT2D eigenvalue weighted by Gasteiger charge is 2.06. The summed E-state index contributed by atoms with van der Waals surface area (Å²) in [7, 11) is 0. The quantitative estimate of drug-likeness (QED) is 0.871. The summed E-state index contributed by atoms with van der Waals surface area (Å²) < 4.78 is 5.44. The molecule has 17 heavy (non-hydrogen) atoms. The van der Waals surface area contributed by atoms with Crippen LogP contribution in [0, 0.1) is 0 Å². The van der Waals surface area contributed by atoms with Crippen molar-refractivity contribution in [3.8, 4) is 11.6 Å². The fourth-order valence-corrected chi connectivity index (χ4v) is 1.43. The van der Waals surface area contributed by atoms with Gasteiger partial charge < -0.3 is 9.84 Å². The lowest BCUT2D eigenvalue weighted by atomic mass is 10.2. The molecule has 0 saturated heterocycles. The van der Waals surface area contributed by atoms with Crippen LogP contribution in [0.5, 0.6) is 11.6 Å². The van der Waals surface area contributed by atoms with Gasteiger partial charge in [-0.15, -0.1) is 0 Å². The zero-order valence-electron chi connectivity index (χ0n) is 8.60. The first kappa shape index (κ1) is 12.1. The molecule has 0 bridgehead atoms. The summed E-state index contributed by atoms with van der Waals surface area (Å²) in [5, 5.41) is 9.24. The van der Waals surface area contributed by atoms with Gasteiger partial charge in [-0.3, -0.25) is 0 Å². The standard InChI is InChI=1S/C11H8Cl2N2O2/c12-9-5-14-11(13)15-10(9)17-8-3-1-7(6-16)2-4-8/h1-5,16H,6H2. The molecule has 0 aliphatic rings. The van der Waals surface area contributed by atoms with E-state index in [1.54, 1.807) is 24.3 Å². The molecule has 0 fully saturated rings. The fraction of sp³-hybridized carbons (Fsp3) is 0.0909. The van der Waals surface area contributed by atoms with Crippen molar-refractivity contribution in [1.82, 2.24) is 9.97 Å². The molecule has 1 aromatic heterocycles. The zero-order chi connectivity index (χ0) is 12.3. The third-order valence-electron chi connectivity index (χ3n) is 2.00. The number of ether oxygens (including phenoxy) is 1. The molecule has 2 rings (SSSR count). The van der Waals surface area contributed by atoms with Crippen LogP contribution in [0.1, 0.15) is 5.56 Å². The van der Waals surface area contributed by atoms with Crippen molar-refractivity contribution in [3.05, 3.63) is 46.3 Å². The van der Waals surface area contributed by atoms with Crippen LogP contribution in [-0.2, 0) is 6.61 Å². The van der Waals surface area contributed by atoms with E-state index in [9.17, 15) is 0 Å². The Bertz CT molecular complexity index is 517. The Hall–Kier alpha value is -1.36. The van der Waals surface area contributed by atoms with Gasteiger partial charge in [-0.2, -0.15) is 4.98 Å². The number of rotatable bonds is 3. The number of hydrogen-bond donors (Lipinski definition) is 1. The minimum atomic E-state index is -0.0135. The van der Waals surface area contributed by atoms with Gasteiger partial charge in [0.15, 0.2) is 0 Å². The molecule has 0 unspecified atom stereocenters. The predicted molar refractivity (Wildman–Crippen MR) is 64.5 cm³/mol. The second-order valence-corrected chi connectivity index (χ2v) is 3.94. The first-order chi connectivity index (χ1) is 8.19. The summed E-state index contributed by atoms with van der Waals surface area (Å²) in [6.45, 7) is -0.0135. The van der Waals surface area contributed by atoms with Crippen LogP contribution in [0.2, 0.25) is 10.3 Å². The molecule has 88 valence electrons. The van der Waals surface area contributed by atoms with E-state index in [-0.39, 0.29) is 22.8 Å². The Kier molecular flexibility index (Phi) is 3.78. The number of halogens is 2. The molecule has 1 aromatic carbocycles. The molecule has 0 aliphatic heterocycles. The highest BCUT2D eigenvalue weighted by Crippen LogP contribution is 2.27. The maximum absolute atomic E-state index is 8.90. The SMILES string of the molecule is OCc1ccc(Oc2nc(Cl)ncc2Cl)cc1. The number of nitrogens with zero attached hydrogens (tertiary/aromatic N) is 2. The second kappa shape index (κ2) is 5.31. The lowest BCUT2D eigenvalue weighted by Gasteiger charge is -2.06. The fourth-order valence-electron chi connectivity index (χ4n) is 1.18. The summed E-state index contributed by atoms with van der Waals surface area (Å²) in [4.78, 5) is 7.58. The Morgan fingerprint density at radius 3 is 2.53 bits per heavy atom. The summed E-state index contributed by atoms with van der Waals surface area (Å²) in [5.41, 5.74) is 0.796. The van der Waals surface area contributed by atoms with Crippen LogP contribution in [0.3, 0.4) is 0 Å². The van der Waals surface area contributed by atoms with E-state index in [1.165, 1.54) is 6.20 Å². The van der Waals surface area contributed by atoms with Gasteiger partial charge in [0.2, 0.25) is 11.2 Å². The summed E-state index contributed by atoms with van der Waals surface area (Å²) in [5.74, 6) is 0.752. The van der Waals surface area contributed by atoms with Crippen molar-refractivity contribution < 1.29 is 9.84 Å². The Morgan fingerprint density at radius 2 is 1.88 bits per heavy atom. The van der Waals surface area contributed by atoms with Crippen LogP contribution >= 0.6 is 23.2 Å². The zero-order valence-corrected chi connectivity index (χ0v) is 10.1. The number of aliphatic hydroxyl groups is 1. The predicted octanol–water partition coefficient (Wildman–Crippen LogP) is 3.07. The molecule has 6 heteroatoms. The van der Waals surface area contributed by atoms with Crippen molar-refractivity contribution in [1.29, 1.82) is 0 Å². The molecule has 2 aromatic rings. The van der Waals surface area contributed by atoms with Gasteiger partial charge >= 0.3 is 0 Å². The average Bonchev–Trinajstić information content (AvgIpc) is 2.35. The largest absolute Gasteiger partial charge is 0.437 e. The topological polar surface area (TPSA) is 55.2 Å². The van der Waals surface area contributed by atoms with Crippen LogP contribution in [0.4, 0.5) is 0 Å². The maximum atomic E-state index is 8.90. The van der Waals surface area contributed by atoms with E-state index >= 15 is 0 Å². The van der Waals surface area contributed by atoms with Crippen LogP contribution in [0.15, 0.2) is 30.5 Å². The molecule has 0 saturated carbocycles. The lowest BCUT2D eigenvalue weighted by Crippen LogP contribution is -1.92. The normalized spacial score (nSPS) is 10.3. The Morgan fingerprint density at radius 1 is 1.18 bits per heavy atom. The highest BCUT2D eigenvalue weighted by molar-refractivity contribution is 6.32. The highest BCUT2D eigenvalue weighted by atomic mass is 35.5. The Labute approximate surface area is 108 Å². The first-order valence-corrected chi connectivity index (χ1v) is 5.50. The van der Waals surface area contributed by atoms with Gasteiger partial charge in [0.25, 0.3) is 0 Å². The summed E-state index contributed by atoms with van der Waals surface area (Å²) >= 11 is 11.5. The average molecular weight is 271 g/mol. The van der Waals surface area contributed by atoms with E-state index in [4.69, 9.17) is 33.0 Å². The number of hydrogen-bond acceptors (Lipinski definition) is 4. The third kappa shape index (κ3) is 3.06. The van der Waals surface area contributed by atoms with Gasteiger partial charge in [0.1, 0.15) is 10.8 Å². The molecular formula is C11H8Cl2N2O2. The minimum Gasteiger partial charge on any atom is -0.437 e. The number of aliphatic hydroxyl groups excluding tert-OH is 1. The van der Waals surface area contributed by atoms with Crippen molar-refractivity contribution >= 4 is 23.2 Å². The van der Waals surface area contributed by atoms with E-state index in [0.29, 0.717) is 5.75 Å². The van der Waals surface area contributed by atoms with Crippen LogP contribution in [-0.4, -0.2) is 15.1 Å². The molecule has 1 heterocycles. The molecule has 1 N–H and O–H groups in total. The van der Waals surface area contributed by atoms with Crippen molar-refractivity contribution in [2.75, 3.05) is 0 Å². The smallest absolute Gasteiger partial charge is 0.242 e. The van der Waals surface area contributed by atoms with Gasteiger partial charge in [-0.1, -0.05) is 23.7 Å². The van der Waals surface area contributed by atoms with E-state index in [1.807, 2.05) is 0 Å². The van der Waals surface area contributed by atoms with Crippen molar-refractivity contribution in [2.24, 2.45) is 0 Å². The van der Waals surface area contributed by atoms with E-state index in [0.717, 1.165) is 5.56 Å². The van der Waals surface area contributed by atoms with E-state index in [2.05, 4.69) is 9.97 Å². The first-order valence-electron chi connectivity index (χ1n) is 4.75. The monoisotopic (exact) mass is 270 g/mol. The number of aromatic nitrogens is 2.